The molecule has 0 fully saturated rings. The van der Waals surface area contributed by atoms with Crippen molar-refractivity contribution in [2.24, 2.45) is 0 Å². The second kappa shape index (κ2) is 9.25. The number of nitrogens with zero attached hydrogens (tertiary/aromatic N) is 1. The fourth-order valence-corrected chi connectivity index (χ4v) is 2.28. The van der Waals surface area contributed by atoms with Gasteiger partial charge in [0, 0.05) is 24.9 Å². The van der Waals surface area contributed by atoms with Crippen LogP contribution < -0.4 is 0 Å². The number of hydrogen-bond acceptors (Lipinski definition) is 4. The molecule has 7 heteroatoms. The van der Waals surface area contributed by atoms with Crippen LogP contribution in [-0.2, 0) is 16.0 Å². The molecule has 1 rings (SSSR count). The highest BCUT2D eigenvalue weighted by Crippen LogP contribution is 2.23. The van der Waals surface area contributed by atoms with E-state index in [2.05, 4.69) is 0 Å². The van der Waals surface area contributed by atoms with Crippen molar-refractivity contribution < 1.29 is 27.5 Å². The quantitative estimate of drug-likeness (QED) is 0.178. The van der Waals surface area contributed by atoms with E-state index in [1.165, 1.54) is 13.1 Å². The summed E-state index contributed by atoms with van der Waals surface area (Å²) in [5.41, 5.74) is -1.66. The van der Waals surface area contributed by atoms with Gasteiger partial charge in [-0.25, -0.2) is 18.0 Å². The molecule has 0 spiro atoms. The van der Waals surface area contributed by atoms with Crippen LogP contribution in [0.1, 0.15) is 43.6 Å². The molecule has 138 valence electrons. The monoisotopic (exact) mass is 357 g/mol. The molecule has 0 atom stereocenters. The highest BCUT2D eigenvalue weighted by molar-refractivity contribution is 6.24. The first-order valence-corrected chi connectivity index (χ1v) is 8.16. The number of ketones is 1. The lowest BCUT2D eigenvalue weighted by Crippen LogP contribution is -2.24. The van der Waals surface area contributed by atoms with E-state index in [1.54, 1.807) is 25.7 Å². The Morgan fingerprint density at radius 2 is 1.68 bits per heavy atom. The second-order valence-corrected chi connectivity index (χ2v) is 5.18. The van der Waals surface area contributed by atoms with Gasteiger partial charge in [0.1, 0.15) is 11.4 Å². The molecular weight excluding hydrogens is 335 g/mol. The zero-order valence-corrected chi connectivity index (χ0v) is 14.8. The number of rotatable bonds is 8. The van der Waals surface area contributed by atoms with Gasteiger partial charge in [-0.05, 0) is 33.3 Å². The van der Waals surface area contributed by atoms with Gasteiger partial charge >= 0.3 is 5.97 Å². The molecule has 0 amide bonds. The Kier molecular flexibility index (Phi) is 7.67. The maximum absolute atomic E-state index is 14.5. The topological polar surface area (TPSA) is 46.6 Å². The van der Waals surface area contributed by atoms with Gasteiger partial charge in [0.15, 0.2) is 11.6 Å². The van der Waals surface area contributed by atoms with Crippen LogP contribution in [0.15, 0.2) is 17.8 Å². The number of esters is 1. The summed E-state index contributed by atoms with van der Waals surface area (Å²) in [4.78, 5) is 26.4. The normalized spacial score (nSPS) is 11.4. The molecule has 0 aliphatic carbocycles. The minimum Gasteiger partial charge on any atom is -0.462 e. The van der Waals surface area contributed by atoms with Crippen molar-refractivity contribution in [3.63, 3.8) is 0 Å². The lowest BCUT2D eigenvalue weighted by molar-refractivity contribution is -0.138. The maximum Gasteiger partial charge on any atom is 0.343 e. The summed E-state index contributed by atoms with van der Waals surface area (Å²) in [5.74, 6) is -5.83. The number of halogens is 3. The van der Waals surface area contributed by atoms with Crippen molar-refractivity contribution in [3.05, 3.63) is 46.4 Å². The Bertz CT molecular complexity index is 683. The van der Waals surface area contributed by atoms with E-state index >= 15 is 0 Å². The summed E-state index contributed by atoms with van der Waals surface area (Å²) in [6.07, 6.45) is 1.12. The predicted molar refractivity (Wildman–Crippen MR) is 87.7 cm³/mol. The van der Waals surface area contributed by atoms with Crippen molar-refractivity contribution in [1.29, 1.82) is 0 Å². The minimum atomic E-state index is -1.34. The molecule has 0 aromatic heterocycles. The van der Waals surface area contributed by atoms with Crippen LogP contribution in [0.3, 0.4) is 0 Å². The van der Waals surface area contributed by atoms with Gasteiger partial charge in [0.25, 0.3) is 0 Å². The Balaban J connectivity index is 3.49. The zero-order valence-electron chi connectivity index (χ0n) is 14.8. The van der Waals surface area contributed by atoms with Crippen LogP contribution >= 0.6 is 0 Å². The summed E-state index contributed by atoms with van der Waals surface area (Å²) in [6, 6.07) is 0.474. The van der Waals surface area contributed by atoms with E-state index in [0.29, 0.717) is 19.2 Å². The molecule has 0 radical (unpaired) electrons. The number of hydrogen-bond donors (Lipinski definition) is 0. The first-order chi connectivity index (χ1) is 11.8. The predicted octanol–water partition coefficient (Wildman–Crippen LogP) is 3.64. The first-order valence-electron chi connectivity index (χ1n) is 8.16. The van der Waals surface area contributed by atoms with Crippen LogP contribution in [0.2, 0.25) is 0 Å². The van der Waals surface area contributed by atoms with Gasteiger partial charge < -0.3 is 9.64 Å². The Labute approximate surface area is 145 Å². The van der Waals surface area contributed by atoms with Crippen molar-refractivity contribution in [2.75, 3.05) is 19.7 Å². The molecule has 1 aromatic carbocycles. The minimum absolute atomic E-state index is 0.0160. The van der Waals surface area contributed by atoms with Crippen molar-refractivity contribution in [3.8, 4) is 0 Å². The summed E-state index contributed by atoms with van der Waals surface area (Å²) in [7, 11) is 0. The van der Waals surface area contributed by atoms with Gasteiger partial charge in [0.2, 0.25) is 5.78 Å². The zero-order chi connectivity index (χ0) is 19.1. The average molecular weight is 357 g/mol. The van der Waals surface area contributed by atoms with Crippen LogP contribution in [0.5, 0.6) is 0 Å². The number of ether oxygens (including phenoxy) is 1. The summed E-state index contributed by atoms with van der Waals surface area (Å²) >= 11 is 0. The fraction of sp³-hybridized carbons (Fsp3) is 0.444. The van der Waals surface area contributed by atoms with Crippen LogP contribution in [0.25, 0.3) is 0 Å². The second-order valence-electron chi connectivity index (χ2n) is 5.18. The molecule has 0 aliphatic heterocycles. The highest BCUT2D eigenvalue weighted by Gasteiger charge is 2.28. The smallest absolute Gasteiger partial charge is 0.343 e. The summed E-state index contributed by atoms with van der Waals surface area (Å²) < 4.78 is 46.7. The molecule has 4 nitrogen and oxygen atoms in total. The summed E-state index contributed by atoms with van der Waals surface area (Å²) in [6.45, 7) is 7.61. The average Bonchev–Trinajstić information content (AvgIpc) is 2.59. The van der Waals surface area contributed by atoms with E-state index in [-0.39, 0.29) is 13.0 Å². The molecule has 25 heavy (non-hydrogen) atoms. The number of carbonyl (C=O) groups excluding carboxylic acids is 2. The third-order valence-corrected chi connectivity index (χ3v) is 3.71. The SMILES string of the molecule is CCOC(=O)/C(=C/N(CC)CC)C(=O)c1cc(F)c(F)c(CC)c1F. The van der Waals surface area contributed by atoms with Gasteiger partial charge in [-0.3, -0.25) is 4.79 Å². The largest absolute Gasteiger partial charge is 0.462 e. The molecule has 0 unspecified atom stereocenters. The van der Waals surface area contributed by atoms with E-state index in [0.717, 1.165) is 0 Å². The summed E-state index contributed by atoms with van der Waals surface area (Å²) in [5, 5.41) is 0. The molecule has 0 N–H and O–H groups in total. The molecule has 0 saturated carbocycles. The third-order valence-electron chi connectivity index (χ3n) is 3.71. The third kappa shape index (κ3) is 4.61. The van der Waals surface area contributed by atoms with Gasteiger partial charge in [0.05, 0.1) is 12.2 Å². The Hall–Kier alpha value is -2.31. The van der Waals surface area contributed by atoms with E-state index < -0.39 is 45.9 Å². The Morgan fingerprint density at radius 1 is 1.08 bits per heavy atom. The number of Topliss-reactive ketones (excluding diaryl/α,β-unsaturated/α-hetero) is 1. The first kappa shape index (κ1) is 20.7. The van der Waals surface area contributed by atoms with Crippen LogP contribution in [0.4, 0.5) is 13.2 Å². The molecule has 1 aromatic rings. The standard InChI is InChI=1S/C18H22F3NO3/c1-5-11-15(20)12(9-14(19)16(11)21)17(23)13(18(24)25-8-4)10-22(6-2)7-3/h9-10H,5-8H2,1-4H3/b13-10+. The van der Waals surface area contributed by atoms with Crippen LogP contribution in [-0.4, -0.2) is 36.3 Å². The van der Waals surface area contributed by atoms with E-state index in [1.807, 2.05) is 0 Å². The number of benzene rings is 1. The van der Waals surface area contributed by atoms with Gasteiger partial charge in [-0.1, -0.05) is 6.92 Å². The molecular formula is C18H22F3NO3. The molecule has 0 saturated heterocycles. The molecule has 0 aliphatic rings. The van der Waals surface area contributed by atoms with Crippen LogP contribution in [0, 0.1) is 17.5 Å². The number of carbonyl (C=O) groups is 2. The lowest BCUT2D eigenvalue weighted by Gasteiger charge is -2.17. The van der Waals surface area contributed by atoms with Gasteiger partial charge in [-0.2, -0.15) is 0 Å². The van der Waals surface area contributed by atoms with E-state index in [4.69, 9.17) is 4.74 Å². The molecule has 0 bridgehead atoms. The highest BCUT2D eigenvalue weighted by atomic mass is 19.2. The maximum atomic E-state index is 14.5. The van der Waals surface area contributed by atoms with Crippen molar-refractivity contribution in [1.82, 2.24) is 4.90 Å². The van der Waals surface area contributed by atoms with E-state index in [9.17, 15) is 22.8 Å². The molecule has 0 heterocycles. The van der Waals surface area contributed by atoms with Crippen molar-refractivity contribution in [2.45, 2.75) is 34.1 Å². The van der Waals surface area contributed by atoms with Gasteiger partial charge in [-0.15, -0.1) is 0 Å². The fourth-order valence-electron chi connectivity index (χ4n) is 2.28. The van der Waals surface area contributed by atoms with Crippen molar-refractivity contribution >= 4 is 11.8 Å². The Morgan fingerprint density at radius 3 is 2.16 bits per heavy atom. The lowest BCUT2D eigenvalue weighted by atomic mass is 9.99.